The molecule has 3 aromatic carbocycles. The normalized spacial score (nSPS) is 20.0. The van der Waals surface area contributed by atoms with Gasteiger partial charge >= 0.3 is 0 Å². The summed E-state index contributed by atoms with van der Waals surface area (Å²) < 4.78 is 6.87. The van der Waals surface area contributed by atoms with E-state index >= 15 is 0 Å². The molecule has 0 radical (unpaired) electrons. The van der Waals surface area contributed by atoms with Gasteiger partial charge in [-0.3, -0.25) is 0 Å². The molecule has 0 unspecified atom stereocenters. The maximum absolute atomic E-state index is 6.87. The Kier molecular flexibility index (Phi) is 8.81. The largest absolute Gasteiger partial charge is 0.488 e. The second-order valence-electron chi connectivity index (χ2n) is 13.4. The van der Waals surface area contributed by atoms with Crippen LogP contribution < -0.4 is 10.0 Å². The average Bonchev–Trinajstić information content (AvgIpc) is 3.05. The fraction of sp³-hybridized carbons (Fsp3) is 0.538. The third-order valence-corrected chi connectivity index (χ3v) is 14.2. The predicted octanol–water partition coefficient (Wildman–Crippen LogP) is 10.5. The summed E-state index contributed by atoms with van der Waals surface area (Å²) in [6, 6.07) is 20.8. The Morgan fingerprint density at radius 1 is 0.537 bits per heavy atom. The Bertz CT molecular complexity index is 1300. The van der Waals surface area contributed by atoms with Gasteiger partial charge in [0, 0.05) is 5.56 Å². The van der Waals surface area contributed by atoms with Gasteiger partial charge in [0.2, 0.25) is 0 Å². The second kappa shape index (κ2) is 13.0. The fourth-order valence-electron chi connectivity index (χ4n) is 8.66. The van der Waals surface area contributed by atoms with Crippen LogP contribution in [0.25, 0.3) is 11.1 Å². The quantitative estimate of drug-likeness (QED) is 0.259. The summed E-state index contributed by atoms with van der Waals surface area (Å²) in [6.07, 6.45) is 24.8. The lowest BCUT2D eigenvalue weighted by Gasteiger charge is -2.41. The highest BCUT2D eigenvalue weighted by Gasteiger charge is 2.36. The summed E-state index contributed by atoms with van der Waals surface area (Å²) in [7, 11) is -0.186. The van der Waals surface area contributed by atoms with Gasteiger partial charge in [0.05, 0.1) is 0 Å². The summed E-state index contributed by atoms with van der Waals surface area (Å²) in [4.78, 5) is 0. The van der Waals surface area contributed by atoms with E-state index in [4.69, 9.17) is 4.74 Å². The first kappa shape index (κ1) is 27.7. The van der Waals surface area contributed by atoms with E-state index in [1.807, 2.05) is 0 Å². The van der Waals surface area contributed by atoms with Crippen molar-refractivity contribution in [2.45, 2.75) is 133 Å². The summed E-state index contributed by atoms with van der Waals surface area (Å²) >= 11 is 0. The van der Waals surface area contributed by atoms with Crippen LogP contribution in [0.2, 0.25) is 0 Å². The molecule has 4 aliphatic carbocycles. The number of benzene rings is 3. The highest BCUT2D eigenvalue weighted by atomic mass is 31.1. The molecule has 3 aromatic rings. The van der Waals surface area contributed by atoms with Gasteiger partial charge in [0.25, 0.3) is 0 Å². The second-order valence-corrected chi connectivity index (χ2v) is 16.1. The molecule has 216 valence electrons. The first-order valence-electron chi connectivity index (χ1n) is 17.1. The Morgan fingerprint density at radius 2 is 1.10 bits per heavy atom. The van der Waals surface area contributed by atoms with Crippen LogP contribution in [0, 0.1) is 0 Å². The Labute approximate surface area is 250 Å². The molecule has 0 aromatic heterocycles. The molecule has 2 fully saturated rings. The molecular weight excluding hydrogens is 515 g/mol. The average molecular weight is 565 g/mol. The standard InChI is InChI=1S/C39H49OP/c1-4-14-29(15-5-1)28-40-36-26-24-30-16-10-12-22-34(30)38(36)39-35-23-13-11-17-31(35)25-27-37(39)41(32-18-6-2-7-19-32)33-20-8-3-9-21-33/h1,4-5,14-15,24-27,32-33H,2-3,6-13,16-23,28H2. The number of hydrogen-bond donors (Lipinski definition) is 0. The van der Waals surface area contributed by atoms with Gasteiger partial charge in [0.1, 0.15) is 12.4 Å². The first-order valence-corrected chi connectivity index (χ1v) is 18.6. The summed E-state index contributed by atoms with van der Waals surface area (Å²) in [5.74, 6) is 1.15. The van der Waals surface area contributed by atoms with Crippen molar-refractivity contribution in [1.29, 1.82) is 0 Å². The van der Waals surface area contributed by atoms with Gasteiger partial charge in [-0.1, -0.05) is 95.0 Å². The molecule has 0 amide bonds. The molecule has 0 spiro atoms. The van der Waals surface area contributed by atoms with Crippen molar-refractivity contribution in [3.05, 3.63) is 82.4 Å². The first-order chi connectivity index (χ1) is 20.4. The van der Waals surface area contributed by atoms with Crippen molar-refractivity contribution < 1.29 is 4.74 Å². The molecule has 0 aliphatic heterocycles. The molecule has 4 aliphatic rings. The molecule has 0 N–H and O–H groups in total. The Balaban J connectivity index is 1.41. The van der Waals surface area contributed by atoms with Gasteiger partial charge in [-0.25, -0.2) is 0 Å². The minimum Gasteiger partial charge on any atom is -0.488 e. The summed E-state index contributed by atoms with van der Waals surface area (Å²) in [6.45, 7) is 0.650. The van der Waals surface area contributed by atoms with Gasteiger partial charge in [-0.15, -0.1) is 0 Å². The molecule has 7 rings (SSSR count). The Hall–Kier alpha value is -2.11. The number of hydrogen-bond acceptors (Lipinski definition) is 1. The molecule has 0 heterocycles. The lowest BCUT2D eigenvalue weighted by atomic mass is 9.80. The number of aryl methyl sites for hydroxylation is 2. The van der Waals surface area contributed by atoms with Crippen molar-refractivity contribution in [1.82, 2.24) is 0 Å². The van der Waals surface area contributed by atoms with Crippen LogP contribution in [-0.2, 0) is 32.3 Å². The van der Waals surface area contributed by atoms with Gasteiger partial charge in [-0.2, -0.15) is 0 Å². The van der Waals surface area contributed by atoms with Crippen LogP contribution in [0.5, 0.6) is 5.75 Å². The zero-order chi connectivity index (χ0) is 27.4. The van der Waals surface area contributed by atoms with Crippen LogP contribution in [0.4, 0.5) is 0 Å². The van der Waals surface area contributed by atoms with Crippen LogP contribution >= 0.6 is 7.92 Å². The van der Waals surface area contributed by atoms with E-state index in [0.29, 0.717) is 6.61 Å². The molecule has 2 saturated carbocycles. The van der Waals surface area contributed by atoms with E-state index in [0.717, 1.165) is 17.1 Å². The SMILES string of the molecule is c1ccc(COc2ccc3c(c2-c2c(P(C4CCCCC4)C4CCCCC4)ccc4c2CCCC4)CCCC3)cc1. The smallest absolute Gasteiger partial charge is 0.127 e. The van der Waals surface area contributed by atoms with E-state index in [9.17, 15) is 0 Å². The van der Waals surface area contributed by atoms with Gasteiger partial charge in [-0.05, 0) is 133 Å². The van der Waals surface area contributed by atoms with E-state index in [2.05, 4.69) is 54.6 Å². The zero-order valence-electron chi connectivity index (χ0n) is 25.1. The minimum atomic E-state index is -0.186. The van der Waals surface area contributed by atoms with Crippen LogP contribution in [-0.4, -0.2) is 11.3 Å². The van der Waals surface area contributed by atoms with Crippen LogP contribution in [0.3, 0.4) is 0 Å². The summed E-state index contributed by atoms with van der Waals surface area (Å²) in [5.41, 5.74) is 12.8. The van der Waals surface area contributed by atoms with E-state index in [1.54, 1.807) is 33.1 Å². The van der Waals surface area contributed by atoms with E-state index in [-0.39, 0.29) is 7.92 Å². The van der Waals surface area contributed by atoms with Crippen molar-refractivity contribution in [3.63, 3.8) is 0 Å². The highest BCUT2D eigenvalue weighted by Crippen LogP contribution is 2.58. The monoisotopic (exact) mass is 564 g/mol. The zero-order valence-corrected chi connectivity index (χ0v) is 26.0. The predicted molar refractivity (Wildman–Crippen MR) is 176 cm³/mol. The topological polar surface area (TPSA) is 9.23 Å². The molecule has 0 saturated heterocycles. The van der Waals surface area contributed by atoms with E-state index < -0.39 is 0 Å². The molecule has 0 atom stereocenters. The Morgan fingerprint density at radius 3 is 1.73 bits per heavy atom. The third kappa shape index (κ3) is 5.91. The van der Waals surface area contributed by atoms with Gasteiger partial charge in [0.15, 0.2) is 0 Å². The number of rotatable bonds is 7. The molecule has 1 nitrogen and oxygen atoms in total. The molecule has 41 heavy (non-hydrogen) atoms. The fourth-order valence-corrected chi connectivity index (χ4v) is 12.6. The van der Waals surface area contributed by atoms with Crippen molar-refractivity contribution >= 4 is 13.2 Å². The maximum atomic E-state index is 6.87. The summed E-state index contributed by atoms with van der Waals surface area (Å²) in [5, 5.41) is 1.78. The molecular formula is C39H49OP. The van der Waals surface area contributed by atoms with Crippen molar-refractivity contribution in [2.75, 3.05) is 0 Å². The lowest BCUT2D eigenvalue weighted by molar-refractivity contribution is 0.307. The maximum Gasteiger partial charge on any atom is 0.127 e. The number of fused-ring (bicyclic) bond motifs is 2. The van der Waals surface area contributed by atoms with Crippen LogP contribution in [0.1, 0.15) is 118 Å². The van der Waals surface area contributed by atoms with Crippen molar-refractivity contribution in [3.8, 4) is 16.9 Å². The minimum absolute atomic E-state index is 0.186. The third-order valence-electron chi connectivity index (χ3n) is 10.7. The lowest BCUT2D eigenvalue weighted by Crippen LogP contribution is -2.28. The van der Waals surface area contributed by atoms with Crippen molar-refractivity contribution in [2.24, 2.45) is 0 Å². The van der Waals surface area contributed by atoms with E-state index in [1.165, 1.54) is 127 Å². The van der Waals surface area contributed by atoms with Crippen LogP contribution in [0.15, 0.2) is 54.6 Å². The van der Waals surface area contributed by atoms with Gasteiger partial charge < -0.3 is 4.74 Å². The number of ether oxygens (including phenoxy) is 1. The highest BCUT2D eigenvalue weighted by molar-refractivity contribution is 7.67. The molecule has 0 bridgehead atoms. The molecule has 2 heteroatoms.